The molecule has 1 aromatic carbocycles. The predicted molar refractivity (Wildman–Crippen MR) is 69.4 cm³/mol. The van der Waals surface area contributed by atoms with Crippen LogP contribution in [0.1, 0.15) is 50.6 Å². The van der Waals surface area contributed by atoms with E-state index in [1.165, 1.54) is 44.2 Å². The molecule has 18 heavy (non-hydrogen) atoms. The van der Waals surface area contributed by atoms with Crippen molar-refractivity contribution in [3.05, 3.63) is 35.4 Å². The number of nitrogens with one attached hydrogen (secondary N) is 1. The summed E-state index contributed by atoms with van der Waals surface area (Å²) in [5.41, 5.74) is 0.422. The van der Waals surface area contributed by atoms with Crippen LogP contribution in [0.25, 0.3) is 0 Å². The molecule has 0 heterocycles. The summed E-state index contributed by atoms with van der Waals surface area (Å²) in [4.78, 5) is 0. The molecule has 0 saturated heterocycles. The maximum absolute atomic E-state index is 13.6. The Bertz CT molecular complexity index is 386. The molecule has 1 fully saturated rings. The van der Waals surface area contributed by atoms with Crippen LogP contribution in [-0.2, 0) is 0 Å². The van der Waals surface area contributed by atoms with Crippen molar-refractivity contribution < 1.29 is 8.78 Å². The lowest BCUT2D eigenvalue weighted by molar-refractivity contribution is 0.330. The Morgan fingerprint density at radius 1 is 1.22 bits per heavy atom. The summed E-state index contributed by atoms with van der Waals surface area (Å²) in [6.45, 7) is 2.79. The van der Waals surface area contributed by atoms with Crippen molar-refractivity contribution in [1.82, 2.24) is 5.32 Å². The highest BCUT2D eigenvalue weighted by Gasteiger charge is 2.16. The molecule has 1 atom stereocenters. The molecule has 0 aromatic heterocycles. The fraction of sp³-hybridized carbons (Fsp3) is 0.600. The first-order valence-corrected chi connectivity index (χ1v) is 6.85. The van der Waals surface area contributed by atoms with Gasteiger partial charge in [-0.25, -0.2) is 8.78 Å². The summed E-state index contributed by atoms with van der Waals surface area (Å²) in [7, 11) is 0. The molecule has 1 aliphatic rings. The molecule has 0 bridgehead atoms. The van der Waals surface area contributed by atoms with Gasteiger partial charge in [-0.15, -0.1) is 0 Å². The van der Waals surface area contributed by atoms with Crippen LogP contribution in [-0.4, -0.2) is 6.54 Å². The lowest BCUT2D eigenvalue weighted by Gasteiger charge is -2.24. The Kier molecular flexibility index (Phi) is 4.70. The van der Waals surface area contributed by atoms with Crippen molar-refractivity contribution in [3.63, 3.8) is 0 Å². The van der Waals surface area contributed by atoms with Gasteiger partial charge in [0.15, 0.2) is 0 Å². The Balaban J connectivity index is 1.90. The molecular formula is C15H21F2N. The standard InChI is InChI=1S/C15H21F2N/c1-11(14-9-13(16)7-8-15(14)17)18-10-12-5-3-2-4-6-12/h7-9,11-12,18H,2-6,10H2,1H3. The predicted octanol–water partition coefficient (Wildman–Crippen LogP) is 4.20. The first-order valence-electron chi connectivity index (χ1n) is 6.85. The molecule has 2 rings (SSSR count). The molecule has 1 N–H and O–H groups in total. The molecule has 1 aromatic rings. The van der Waals surface area contributed by atoms with Gasteiger partial charge in [-0.2, -0.15) is 0 Å². The molecule has 1 unspecified atom stereocenters. The molecule has 0 amide bonds. The van der Waals surface area contributed by atoms with Crippen LogP contribution in [0.4, 0.5) is 8.78 Å². The van der Waals surface area contributed by atoms with E-state index in [0.717, 1.165) is 12.6 Å². The maximum atomic E-state index is 13.6. The molecule has 1 saturated carbocycles. The van der Waals surface area contributed by atoms with Crippen LogP contribution >= 0.6 is 0 Å². The Hall–Kier alpha value is -0.960. The van der Waals surface area contributed by atoms with Gasteiger partial charge in [0.2, 0.25) is 0 Å². The smallest absolute Gasteiger partial charge is 0.128 e. The lowest BCUT2D eigenvalue weighted by Crippen LogP contribution is -2.27. The highest BCUT2D eigenvalue weighted by Crippen LogP contribution is 2.24. The summed E-state index contributed by atoms with van der Waals surface area (Å²) >= 11 is 0. The number of hydrogen-bond donors (Lipinski definition) is 1. The van der Waals surface area contributed by atoms with E-state index >= 15 is 0 Å². The minimum atomic E-state index is -0.377. The summed E-state index contributed by atoms with van der Waals surface area (Å²) in [6.07, 6.45) is 6.45. The highest BCUT2D eigenvalue weighted by atomic mass is 19.1. The van der Waals surface area contributed by atoms with Crippen LogP contribution in [0.2, 0.25) is 0 Å². The van der Waals surface area contributed by atoms with E-state index < -0.39 is 0 Å². The van der Waals surface area contributed by atoms with E-state index in [2.05, 4.69) is 5.32 Å². The van der Waals surface area contributed by atoms with Gasteiger partial charge in [0.25, 0.3) is 0 Å². The van der Waals surface area contributed by atoms with E-state index in [-0.39, 0.29) is 17.7 Å². The van der Waals surface area contributed by atoms with Gasteiger partial charge in [0.05, 0.1) is 0 Å². The van der Waals surface area contributed by atoms with E-state index in [9.17, 15) is 8.78 Å². The zero-order chi connectivity index (χ0) is 13.0. The van der Waals surface area contributed by atoms with Crippen molar-refractivity contribution in [2.45, 2.75) is 45.1 Å². The normalized spacial score (nSPS) is 18.8. The van der Waals surface area contributed by atoms with Gasteiger partial charge in [-0.05, 0) is 50.4 Å². The number of rotatable bonds is 4. The van der Waals surface area contributed by atoms with E-state index in [0.29, 0.717) is 11.5 Å². The molecule has 0 aliphatic heterocycles. The lowest BCUT2D eigenvalue weighted by atomic mass is 9.89. The monoisotopic (exact) mass is 253 g/mol. The number of hydrogen-bond acceptors (Lipinski definition) is 1. The van der Waals surface area contributed by atoms with Crippen LogP contribution in [0.5, 0.6) is 0 Å². The summed E-state index contributed by atoms with van der Waals surface area (Å²) in [5, 5.41) is 3.33. The van der Waals surface area contributed by atoms with Crippen LogP contribution in [0.15, 0.2) is 18.2 Å². The summed E-state index contributed by atoms with van der Waals surface area (Å²) in [6, 6.07) is 3.51. The van der Waals surface area contributed by atoms with Gasteiger partial charge < -0.3 is 5.32 Å². The third-order valence-corrected chi connectivity index (χ3v) is 3.86. The third-order valence-electron chi connectivity index (χ3n) is 3.86. The van der Waals surface area contributed by atoms with Crippen LogP contribution < -0.4 is 5.32 Å². The molecule has 3 heteroatoms. The first kappa shape index (κ1) is 13.5. The van der Waals surface area contributed by atoms with Crippen molar-refractivity contribution in [2.24, 2.45) is 5.92 Å². The second-order valence-electron chi connectivity index (χ2n) is 5.30. The van der Waals surface area contributed by atoms with Crippen molar-refractivity contribution in [1.29, 1.82) is 0 Å². The SMILES string of the molecule is CC(NCC1CCCCC1)c1cc(F)ccc1F. The quantitative estimate of drug-likeness (QED) is 0.848. The van der Waals surface area contributed by atoms with E-state index in [4.69, 9.17) is 0 Å². The molecular weight excluding hydrogens is 232 g/mol. The van der Waals surface area contributed by atoms with Crippen LogP contribution in [0.3, 0.4) is 0 Å². The van der Waals surface area contributed by atoms with Crippen molar-refractivity contribution in [3.8, 4) is 0 Å². The molecule has 0 spiro atoms. The Morgan fingerprint density at radius 2 is 1.94 bits per heavy atom. The minimum Gasteiger partial charge on any atom is -0.310 e. The molecule has 1 aliphatic carbocycles. The summed E-state index contributed by atoms with van der Waals surface area (Å²) in [5.74, 6) is -0.0180. The van der Waals surface area contributed by atoms with Gasteiger partial charge >= 0.3 is 0 Å². The Morgan fingerprint density at radius 3 is 2.67 bits per heavy atom. The van der Waals surface area contributed by atoms with Gasteiger partial charge in [-0.3, -0.25) is 0 Å². The number of benzene rings is 1. The fourth-order valence-corrected chi connectivity index (χ4v) is 2.69. The third kappa shape index (κ3) is 3.52. The minimum absolute atomic E-state index is 0.136. The second-order valence-corrected chi connectivity index (χ2v) is 5.30. The van der Waals surface area contributed by atoms with Crippen molar-refractivity contribution in [2.75, 3.05) is 6.54 Å². The van der Waals surface area contributed by atoms with Gasteiger partial charge in [0, 0.05) is 11.6 Å². The average molecular weight is 253 g/mol. The number of halogens is 2. The van der Waals surface area contributed by atoms with E-state index in [1.54, 1.807) is 0 Å². The summed E-state index contributed by atoms with van der Waals surface area (Å²) < 4.78 is 26.7. The topological polar surface area (TPSA) is 12.0 Å². The van der Waals surface area contributed by atoms with Gasteiger partial charge in [-0.1, -0.05) is 19.3 Å². The van der Waals surface area contributed by atoms with E-state index in [1.807, 2.05) is 6.92 Å². The maximum Gasteiger partial charge on any atom is 0.128 e. The zero-order valence-electron chi connectivity index (χ0n) is 10.9. The van der Waals surface area contributed by atoms with Crippen LogP contribution in [0, 0.1) is 17.6 Å². The average Bonchev–Trinajstić information content (AvgIpc) is 2.40. The molecule has 100 valence electrons. The Labute approximate surface area is 108 Å². The van der Waals surface area contributed by atoms with Crippen molar-refractivity contribution >= 4 is 0 Å². The second kappa shape index (κ2) is 6.28. The molecule has 0 radical (unpaired) electrons. The largest absolute Gasteiger partial charge is 0.310 e. The highest BCUT2D eigenvalue weighted by molar-refractivity contribution is 5.21. The van der Waals surface area contributed by atoms with Gasteiger partial charge in [0.1, 0.15) is 11.6 Å². The zero-order valence-corrected chi connectivity index (χ0v) is 10.9. The molecule has 1 nitrogen and oxygen atoms in total. The first-order chi connectivity index (χ1) is 8.66. The fourth-order valence-electron chi connectivity index (χ4n) is 2.69.